The Bertz CT molecular complexity index is 255. The fraction of sp³-hybridized carbons (Fsp3) is 0.800. The van der Waals surface area contributed by atoms with Gasteiger partial charge in [-0.1, -0.05) is 6.92 Å². The summed E-state index contributed by atoms with van der Waals surface area (Å²) in [4.78, 5) is 23.9. The number of carbonyl (C=O) groups is 2. The highest BCUT2D eigenvalue weighted by molar-refractivity contribution is 6.01. The van der Waals surface area contributed by atoms with Gasteiger partial charge >= 0.3 is 0 Å². The number of hydrogen-bond donors (Lipinski definition) is 0. The lowest BCUT2D eigenvalue weighted by atomic mass is 10.2. The molecule has 0 aromatic carbocycles. The maximum Gasteiger partial charge on any atom is 0.229 e. The summed E-state index contributed by atoms with van der Waals surface area (Å²) < 4.78 is 10.8. The van der Waals surface area contributed by atoms with Gasteiger partial charge in [0, 0.05) is 18.8 Å². The molecule has 2 aliphatic heterocycles. The molecule has 84 valence electrons. The molecular formula is C10H15NO4. The minimum absolute atomic E-state index is 0.120. The van der Waals surface area contributed by atoms with E-state index in [9.17, 15) is 9.59 Å². The molecule has 15 heavy (non-hydrogen) atoms. The molecule has 0 unspecified atom stereocenters. The Morgan fingerprint density at radius 2 is 1.73 bits per heavy atom. The van der Waals surface area contributed by atoms with Crippen molar-refractivity contribution in [1.82, 2.24) is 4.90 Å². The van der Waals surface area contributed by atoms with Crippen molar-refractivity contribution in [2.24, 2.45) is 5.92 Å². The van der Waals surface area contributed by atoms with Gasteiger partial charge in [-0.05, 0) is 0 Å². The average molecular weight is 213 g/mol. The zero-order valence-corrected chi connectivity index (χ0v) is 8.77. The Balaban J connectivity index is 1.86. The molecule has 2 saturated heterocycles. The topological polar surface area (TPSA) is 55.8 Å². The molecule has 2 heterocycles. The SMILES string of the molecule is CC1COC(CN2C(=O)CCC2=O)OC1. The molecule has 0 aliphatic carbocycles. The second kappa shape index (κ2) is 4.28. The molecular weight excluding hydrogens is 198 g/mol. The van der Waals surface area contributed by atoms with Crippen molar-refractivity contribution in [1.29, 1.82) is 0 Å². The number of carbonyl (C=O) groups excluding carboxylic acids is 2. The van der Waals surface area contributed by atoms with Gasteiger partial charge in [0.1, 0.15) is 0 Å². The maximum absolute atomic E-state index is 11.3. The first-order valence-electron chi connectivity index (χ1n) is 5.23. The number of amides is 2. The average Bonchev–Trinajstić information content (AvgIpc) is 2.53. The van der Waals surface area contributed by atoms with Gasteiger partial charge in [-0.2, -0.15) is 0 Å². The Hall–Kier alpha value is -0.940. The quantitative estimate of drug-likeness (QED) is 0.612. The first-order valence-corrected chi connectivity index (χ1v) is 5.23. The Labute approximate surface area is 88.3 Å². The van der Waals surface area contributed by atoms with Crippen LogP contribution in [0.25, 0.3) is 0 Å². The summed E-state index contributed by atoms with van der Waals surface area (Å²) in [6, 6.07) is 0. The van der Waals surface area contributed by atoms with E-state index >= 15 is 0 Å². The molecule has 5 nitrogen and oxygen atoms in total. The lowest BCUT2D eigenvalue weighted by Gasteiger charge is -2.29. The molecule has 0 atom stereocenters. The highest BCUT2D eigenvalue weighted by Gasteiger charge is 2.32. The van der Waals surface area contributed by atoms with Gasteiger partial charge in [-0.3, -0.25) is 14.5 Å². The molecule has 0 aromatic rings. The number of imide groups is 1. The van der Waals surface area contributed by atoms with Crippen molar-refractivity contribution in [2.75, 3.05) is 19.8 Å². The zero-order valence-electron chi connectivity index (χ0n) is 8.77. The van der Waals surface area contributed by atoms with Gasteiger partial charge in [0.05, 0.1) is 19.8 Å². The van der Waals surface area contributed by atoms with E-state index < -0.39 is 6.29 Å². The first-order chi connectivity index (χ1) is 7.16. The predicted octanol–water partition coefficient (Wildman–Crippen LogP) is 0.144. The summed E-state index contributed by atoms with van der Waals surface area (Å²) in [6.45, 7) is 3.52. The molecule has 0 aromatic heterocycles. The van der Waals surface area contributed by atoms with Gasteiger partial charge in [-0.25, -0.2) is 0 Å². The molecule has 2 amide bonds. The highest BCUT2D eigenvalue weighted by atomic mass is 16.7. The molecule has 2 aliphatic rings. The van der Waals surface area contributed by atoms with Gasteiger partial charge < -0.3 is 9.47 Å². The van der Waals surface area contributed by atoms with Gasteiger partial charge in [0.15, 0.2) is 6.29 Å². The van der Waals surface area contributed by atoms with Crippen LogP contribution in [0, 0.1) is 5.92 Å². The van der Waals surface area contributed by atoms with Crippen molar-refractivity contribution in [3.8, 4) is 0 Å². The summed E-state index contributed by atoms with van der Waals surface area (Å²) in [5, 5.41) is 0. The number of nitrogens with zero attached hydrogens (tertiary/aromatic N) is 1. The van der Waals surface area contributed by atoms with Gasteiger partial charge in [-0.15, -0.1) is 0 Å². The molecule has 0 N–H and O–H groups in total. The third-order valence-corrected chi connectivity index (χ3v) is 2.62. The Morgan fingerprint density at radius 3 is 2.27 bits per heavy atom. The van der Waals surface area contributed by atoms with Crippen LogP contribution in [-0.4, -0.2) is 42.8 Å². The maximum atomic E-state index is 11.3. The summed E-state index contributed by atoms with van der Waals surface area (Å²) in [7, 11) is 0. The molecule has 0 spiro atoms. The van der Waals surface area contributed by atoms with Crippen molar-refractivity contribution in [2.45, 2.75) is 26.1 Å². The number of ether oxygens (including phenoxy) is 2. The largest absolute Gasteiger partial charge is 0.350 e. The normalized spacial score (nSPS) is 32.5. The minimum atomic E-state index is -0.438. The van der Waals surface area contributed by atoms with Crippen LogP contribution < -0.4 is 0 Å². The second-order valence-electron chi connectivity index (χ2n) is 4.10. The minimum Gasteiger partial charge on any atom is -0.350 e. The summed E-state index contributed by atoms with van der Waals surface area (Å²) >= 11 is 0. The molecule has 2 fully saturated rings. The summed E-state index contributed by atoms with van der Waals surface area (Å²) in [6.07, 6.45) is 0.205. The van der Waals surface area contributed by atoms with Crippen LogP contribution in [0.5, 0.6) is 0 Å². The lowest BCUT2D eigenvalue weighted by Crippen LogP contribution is -2.42. The van der Waals surface area contributed by atoms with E-state index in [1.807, 2.05) is 6.92 Å². The van der Waals surface area contributed by atoms with Crippen LogP contribution in [0.1, 0.15) is 19.8 Å². The van der Waals surface area contributed by atoms with E-state index in [1.165, 1.54) is 4.90 Å². The standard InChI is InChI=1S/C10H15NO4/c1-7-5-14-10(15-6-7)4-11-8(12)2-3-9(11)13/h7,10H,2-6H2,1H3. The van der Waals surface area contributed by atoms with E-state index in [2.05, 4.69) is 0 Å². The molecule has 0 radical (unpaired) electrons. The predicted molar refractivity (Wildman–Crippen MR) is 50.8 cm³/mol. The van der Waals surface area contributed by atoms with E-state index in [-0.39, 0.29) is 18.4 Å². The van der Waals surface area contributed by atoms with E-state index in [0.717, 1.165) is 0 Å². The second-order valence-corrected chi connectivity index (χ2v) is 4.10. The third-order valence-electron chi connectivity index (χ3n) is 2.62. The van der Waals surface area contributed by atoms with Crippen molar-refractivity contribution in [3.05, 3.63) is 0 Å². The molecule has 5 heteroatoms. The van der Waals surface area contributed by atoms with Crippen LogP contribution in [0.4, 0.5) is 0 Å². The van der Waals surface area contributed by atoms with Crippen molar-refractivity contribution >= 4 is 11.8 Å². The van der Waals surface area contributed by atoms with Gasteiger partial charge in [0.25, 0.3) is 0 Å². The smallest absolute Gasteiger partial charge is 0.229 e. The fourth-order valence-electron chi connectivity index (χ4n) is 1.72. The number of likely N-dealkylation sites (tertiary alicyclic amines) is 1. The summed E-state index contributed by atoms with van der Waals surface area (Å²) in [5.74, 6) is 0.142. The highest BCUT2D eigenvalue weighted by Crippen LogP contribution is 2.16. The number of rotatable bonds is 2. The molecule has 2 rings (SSSR count). The van der Waals surface area contributed by atoms with Crippen LogP contribution in [0.15, 0.2) is 0 Å². The van der Waals surface area contributed by atoms with Crippen LogP contribution in [0.3, 0.4) is 0 Å². The van der Waals surface area contributed by atoms with Crippen LogP contribution in [-0.2, 0) is 19.1 Å². The first kappa shape index (κ1) is 10.6. The Kier molecular flexibility index (Phi) is 3.02. The fourth-order valence-corrected chi connectivity index (χ4v) is 1.72. The summed E-state index contributed by atoms with van der Waals surface area (Å²) in [5.41, 5.74) is 0. The zero-order chi connectivity index (χ0) is 10.8. The van der Waals surface area contributed by atoms with Gasteiger partial charge in [0.2, 0.25) is 11.8 Å². The van der Waals surface area contributed by atoms with Crippen LogP contribution in [0.2, 0.25) is 0 Å². The van der Waals surface area contributed by atoms with E-state index in [0.29, 0.717) is 32.0 Å². The monoisotopic (exact) mass is 213 g/mol. The number of hydrogen-bond acceptors (Lipinski definition) is 4. The molecule has 0 bridgehead atoms. The van der Waals surface area contributed by atoms with Crippen LogP contribution >= 0.6 is 0 Å². The third kappa shape index (κ3) is 2.35. The molecule has 0 saturated carbocycles. The Morgan fingerprint density at radius 1 is 1.20 bits per heavy atom. The van der Waals surface area contributed by atoms with Crippen molar-refractivity contribution in [3.63, 3.8) is 0 Å². The van der Waals surface area contributed by atoms with Crippen molar-refractivity contribution < 1.29 is 19.1 Å². The van der Waals surface area contributed by atoms with E-state index in [1.54, 1.807) is 0 Å². The lowest BCUT2D eigenvalue weighted by molar-refractivity contribution is -0.204. The van der Waals surface area contributed by atoms with E-state index in [4.69, 9.17) is 9.47 Å².